The van der Waals surface area contributed by atoms with E-state index in [9.17, 15) is 22.8 Å². The van der Waals surface area contributed by atoms with Crippen molar-refractivity contribution in [1.29, 1.82) is 0 Å². The number of anilines is 1. The van der Waals surface area contributed by atoms with Gasteiger partial charge in [0.2, 0.25) is 11.8 Å². The van der Waals surface area contributed by atoms with Gasteiger partial charge in [-0.1, -0.05) is 24.3 Å². The number of carbonyl (C=O) groups is 2. The molecule has 0 radical (unpaired) electrons. The van der Waals surface area contributed by atoms with Gasteiger partial charge in [0.05, 0.1) is 18.4 Å². The minimum Gasteiger partial charge on any atom is -0.497 e. The van der Waals surface area contributed by atoms with Crippen LogP contribution >= 0.6 is 0 Å². The van der Waals surface area contributed by atoms with E-state index in [-0.39, 0.29) is 24.7 Å². The molecule has 8 heteroatoms. The fraction of sp³-hybridized carbons (Fsp3) is 0.263. The minimum absolute atomic E-state index is 0.146. The highest BCUT2D eigenvalue weighted by atomic mass is 19.4. The van der Waals surface area contributed by atoms with E-state index in [1.165, 1.54) is 37.1 Å². The first kappa shape index (κ1) is 20.3. The molecule has 2 aromatic carbocycles. The number of carbonyl (C=O) groups excluding carboxylic acids is 2. The Hall–Kier alpha value is -3.03. The summed E-state index contributed by atoms with van der Waals surface area (Å²) >= 11 is 0. The van der Waals surface area contributed by atoms with E-state index in [4.69, 9.17) is 4.74 Å². The third-order valence-electron chi connectivity index (χ3n) is 3.82. The molecule has 0 atom stereocenters. The number of nitrogens with one attached hydrogen (secondary N) is 1. The van der Waals surface area contributed by atoms with Crippen molar-refractivity contribution in [3.63, 3.8) is 0 Å². The molecule has 0 bridgehead atoms. The molecule has 0 aliphatic carbocycles. The quantitative estimate of drug-likeness (QED) is 0.831. The van der Waals surface area contributed by atoms with Crippen LogP contribution in [0.2, 0.25) is 0 Å². The van der Waals surface area contributed by atoms with Crippen LogP contribution in [-0.4, -0.2) is 30.4 Å². The maximum Gasteiger partial charge on any atom is 0.418 e. The molecule has 0 fully saturated rings. The van der Waals surface area contributed by atoms with Crippen LogP contribution in [0.5, 0.6) is 5.75 Å². The Morgan fingerprint density at radius 2 is 1.70 bits per heavy atom. The average Bonchev–Trinajstić information content (AvgIpc) is 2.61. The normalized spacial score (nSPS) is 11.0. The molecule has 1 N–H and O–H groups in total. The van der Waals surface area contributed by atoms with Crippen LogP contribution in [0.15, 0.2) is 48.5 Å². The lowest BCUT2D eigenvalue weighted by molar-refractivity contribution is -0.137. The van der Waals surface area contributed by atoms with Gasteiger partial charge >= 0.3 is 6.18 Å². The van der Waals surface area contributed by atoms with Gasteiger partial charge in [0.1, 0.15) is 12.3 Å². The molecule has 2 rings (SSSR count). The van der Waals surface area contributed by atoms with Gasteiger partial charge in [0.25, 0.3) is 0 Å². The van der Waals surface area contributed by atoms with Crippen LogP contribution in [0.4, 0.5) is 18.9 Å². The Labute approximate surface area is 154 Å². The Kier molecular flexibility index (Phi) is 6.44. The van der Waals surface area contributed by atoms with E-state index in [0.717, 1.165) is 11.6 Å². The first-order chi connectivity index (χ1) is 12.7. The van der Waals surface area contributed by atoms with E-state index in [1.807, 2.05) is 0 Å². The van der Waals surface area contributed by atoms with Crippen LogP contribution < -0.4 is 10.1 Å². The third-order valence-corrected chi connectivity index (χ3v) is 3.82. The number of nitrogens with zero attached hydrogens (tertiary/aromatic N) is 1. The summed E-state index contributed by atoms with van der Waals surface area (Å²) in [6, 6.07) is 11.6. The number of methoxy groups -OCH3 is 1. The van der Waals surface area contributed by atoms with Crippen molar-refractivity contribution in [3.8, 4) is 5.75 Å². The first-order valence-electron chi connectivity index (χ1n) is 8.05. The Morgan fingerprint density at radius 3 is 2.26 bits per heavy atom. The maximum absolute atomic E-state index is 13.0. The molecule has 144 valence electrons. The molecule has 0 heterocycles. The number of hydrogen-bond donors (Lipinski definition) is 1. The standard InChI is InChI=1S/C19H19F3N2O3/c1-13(25)24(11-14-7-9-15(27-2)10-8-14)12-18(26)23-17-6-4-3-5-16(17)19(20,21)22/h3-10H,11-12H2,1-2H3,(H,23,26). The lowest BCUT2D eigenvalue weighted by atomic mass is 10.1. The molecule has 27 heavy (non-hydrogen) atoms. The van der Waals surface area contributed by atoms with Gasteiger partial charge in [0, 0.05) is 13.5 Å². The van der Waals surface area contributed by atoms with E-state index in [0.29, 0.717) is 5.75 Å². The Morgan fingerprint density at radius 1 is 1.07 bits per heavy atom. The second-order valence-corrected chi connectivity index (χ2v) is 5.81. The highest BCUT2D eigenvalue weighted by Crippen LogP contribution is 2.34. The molecular weight excluding hydrogens is 361 g/mol. The van der Waals surface area contributed by atoms with Gasteiger partial charge < -0.3 is 15.0 Å². The van der Waals surface area contributed by atoms with Crippen molar-refractivity contribution in [2.75, 3.05) is 19.0 Å². The largest absolute Gasteiger partial charge is 0.497 e. The van der Waals surface area contributed by atoms with Crippen LogP contribution in [0.25, 0.3) is 0 Å². The summed E-state index contributed by atoms with van der Waals surface area (Å²) in [5.74, 6) is -0.435. The predicted octanol–water partition coefficient (Wildman–Crippen LogP) is 3.70. The number of amides is 2. The minimum atomic E-state index is -4.59. The molecule has 2 aromatic rings. The van der Waals surface area contributed by atoms with Crippen molar-refractivity contribution in [1.82, 2.24) is 4.90 Å². The zero-order valence-corrected chi connectivity index (χ0v) is 14.8. The first-order valence-corrected chi connectivity index (χ1v) is 8.05. The number of alkyl halides is 3. The van der Waals surface area contributed by atoms with E-state index in [1.54, 1.807) is 24.3 Å². The molecule has 0 unspecified atom stereocenters. The van der Waals surface area contributed by atoms with Crippen molar-refractivity contribution in [2.24, 2.45) is 0 Å². The SMILES string of the molecule is COc1ccc(CN(CC(=O)Nc2ccccc2C(F)(F)F)C(C)=O)cc1. The summed E-state index contributed by atoms with van der Waals surface area (Å²) in [5.41, 5.74) is -0.527. The van der Waals surface area contributed by atoms with Crippen LogP contribution in [0, 0.1) is 0 Å². The molecule has 0 aromatic heterocycles. The van der Waals surface area contributed by atoms with E-state index >= 15 is 0 Å². The maximum atomic E-state index is 13.0. The summed E-state index contributed by atoms with van der Waals surface area (Å²) in [5, 5.41) is 2.23. The van der Waals surface area contributed by atoms with Crippen LogP contribution in [-0.2, 0) is 22.3 Å². The number of para-hydroxylation sites is 1. The second-order valence-electron chi connectivity index (χ2n) is 5.81. The highest BCUT2D eigenvalue weighted by Gasteiger charge is 2.33. The molecule has 0 aliphatic heterocycles. The number of ether oxygens (including phenoxy) is 1. The van der Waals surface area contributed by atoms with Crippen molar-refractivity contribution in [3.05, 3.63) is 59.7 Å². The van der Waals surface area contributed by atoms with Gasteiger partial charge in [-0.2, -0.15) is 13.2 Å². The summed E-state index contributed by atoms with van der Waals surface area (Å²) in [6.45, 7) is 1.07. The topological polar surface area (TPSA) is 58.6 Å². The molecule has 0 saturated carbocycles. The Balaban J connectivity index is 2.08. The molecule has 0 spiro atoms. The van der Waals surface area contributed by atoms with Gasteiger partial charge in [-0.3, -0.25) is 9.59 Å². The van der Waals surface area contributed by atoms with Gasteiger partial charge in [-0.15, -0.1) is 0 Å². The van der Waals surface area contributed by atoms with Gasteiger partial charge in [0.15, 0.2) is 0 Å². The summed E-state index contributed by atoms with van der Waals surface area (Å²) < 4.78 is 44.1. The molecule has 5 nitrogen and oxygen atoms in total. The lowest BCUT2D eigenvalue weighted by Crippen LogP contribution is -2.36. The van der Waals surface area contributed by atoms with Crippen LogP contribution in [0.3, 0.4) is 0 Å². The fourth-order valence-corrected chi connectivity index (χ4v) is 2.43. The summed E-state index contributed by atoms with van der Waals surface area (Å²) in [7, 11) is 1.53. The van der Waals surface area contributed by atoms with Crippen molar-refractivity contribution >= 4 is 17.5 Å². The Bertz CT molecular complexity index is 805. The summed E-state index contributed by atoms with van der Waals surface area (Å²) in [4.78, 5) is 25.3. The van der Waals surface area contributed by atoms with E-state index < -0.39 is 17.6 Å². The monoisotopic (exact) mass is 380 g/mol. The van der Waals surface area contributed by atoms with Gasteiger partial charge in [-0.25, -0.2) is 0 Å². The fourth-order valence-electron chi connectivity index (χ4n) is 2.43. The number of halogens is 3. The lowest BCUT2D eigenvalue weighted by Gasteiger charge is -2.21. The smallest absolute Gasteiger partial charge is 0.418 e. The second kappa shape index (κ2) is 8.57. The predicted molar refractivity (Wildman–Crippen MR) is 94.2 cm³/mol. The number of rotatable bonds is 6. The number of hydrogen-bond acceptors (Lipinski definition) is 3. The molecule has 2 amide bonds. The van der Waals surface area contributed by atoms with Crippen molar-refractivity contribution in [2.45, 2.75) is 19.6 Å². The number of benzene rings is 2. The third kappa shape index (κ3) is 5.73. The average molecular weight is 380 g/mol. The van der Waals surface area contributed by atoms with Gasteiger partial charge in [-0.05, 0) is 29.8 Å². The summed E-state index contributed by atoms with van der Waals surface area (Å²) in [6.07, 6.45) is -4.59. The highest BCUT2D eigenvalue weighted by molar-refractivity contribution is 5.95. The van der Waals surface area contributed by atoms with Crippen molar-refractivity contribution < 1.29 is 27.5 Å². The zero-order valence-electron chi connectivity index (χ0n) is 14.8. The molecule has 0 aliphatic rings. The van der Waals surface area contributed by atoms with Crippen LogP contribution in [0.1, 0.15) is 18.1 Å². The van der Waals surface area contributed by atoms with E-state index in [2.05, 4.69) is 5.32 Å². The molecular formula is C19H19F3N2O3. The zero-order chi connectivity index (χ0) is 20.0. The molecule has 0 saturated heterocycles.